The fourth-order valence-corrected chi connectivity index (χ4v) is 0.792. The van der Waals surface area contributed by atoms with Crippen LogP contribution in [0.4, 0.5) is 0 Å². The van der Waals surface area contributed by atoms with Crippen LogP contribution in [0, 0.1) is 5.92 Å². The Labute approximate surface area is 66.0 Å². The molecule has 0 radical (unpaired) electrons. The Hall–Kier alpha value is 0.540. The molecule has 0 fully saturated rings. The van der Waals surface area contributed by atoms with Crippen LogP contribution in [0.25, 0.3) is 0 Å². The monoisotopic (exact) mass is 170 g/mol. The molecule has 0 aromatic rings. The maximum atomic E-state index is 9.03. The van der Waals surface area contributed by atoms with Crippen LogP contribution in [-0.4, -0.2) is 16.0 Å². The maximum Gasteiger partial charge on any atom is 0.133 e. The van der Waals surface area contributed by atoms with Gasteiger partial charge in [-0.05, 0) is 12.3 Å². The van der Waals surface area contributed by atoms with E-state index in [9.17, 15) is 0 Å². The molecule has 0 aliphatic heterocycles. The number of aliphatic hydroxyl groups is 1. The van der Waals surface area contributed by atoms with E-state index in [0.29, 0.717) is 12.3 Å². The van der Waals surface area contributed by atoms with Gasteiger partial charge in [-0.2, -0.15) is 0 Å². The summed E-state index contributed by atoms with van der Waals surface area (Å²) in [4.78, 5) is -0.646. The van der Waals surface area contributed by atoms with Crippen LogP contribution in [0.1, 0.15) is 20.3 Å². The first-order chi connectivity index (χ1) is 4.04. The normalized spacial score (nSPS) is 15.0. The Balaban J connectivity index is 3.38. The third-order valence-electron chi connectivity index (χ3n) is 1.00. The quantitative estimate of drug-likeness (QED) is 0.645. The van der Waals surface area contributed by atoms with E-state index >= 15 is 0 Å². The third-order valence-corrected chi connectivity index (χ3v) is 1.59. The Morgan fingerprint density at radius 3 is 1.89 bits per heavy atom. The van der Waals surface area contributed by atoms with Gasteiger partial charge in [0.25, 0.3) is 0 Å². The largest absolute Gasteiger partial charge is 0.390 e. The van der Waals surface area contributed by atoms with Crippen molar-refractivity contribution in [1.29, 1.82) is 0 Å². The summed E-state index contributed by atoms with van der Waals surface area (Å²) in [5.74, 6) is 0.444. The number of halogens is 2. The van der Waals surface area contributed by atoms with Gasteiger partial charge in [-0.3, -0.25) is 0 Å². The van der Waals surface area contributed by atoms with E-state index in [4.69, 9.17) is 28.3 Å². The van der Waals surface area contributed by atoms with Gasteiger partial charge in [0, 0.05) is 0 Å². The molecule has 0 heterocycles. The van der Waals surface area contributed by atoms with Gasteiger partial charge in [0.15, 0.2) is 0 Å². The molecule has 0 bridgehead atoms. The van der Waals surface area contributed by atoms with E-state index in [-0.39, 0.29) is 0 Å². The second kappa shape index (κ2) is 4.37. The van der Waals surface area contributed by atoms with Gasteiger partial charge in [0.05, 0.1) is 6.10 Å². The fourth-order valence-electron chi connectivity index (χ4n) is 0.586. The summed E-state index contributed by atoms with van der Waals surface area (Å²) in [7, 11) is 0. The van der Waals surface area contributed by atoms with Crippen LogP contribution in [-0.2, 0) is 0 Å². The minimum atomic E-state index is -0.646. The van der Waals surface area contributed by atoms with Crippen LogP contribution in [0.2, 0.25) is 0 Å². The molecule has 0 aromatic carbocycles. The van der Waals surface area contributed by atoms with Gasteiger partial charge in [0.1, 0.15) is 4.84 Å². The highest BCUT2D eigenvalue weighted by molar-refractivity contribution is 6.44. The average molecular weight is 171 g/mol. The molecule has 0 amide bonds. The van der Waals surface area contributed by atoms with Crippen molar-refractivity contribution in [3.8, 4) is 0 Å². The third kappa shape index (κ3) is 5.01. The van der Waals surface area contributed by atoms with Gasteiger partial charge in [0.2, 0.25) is 0 Å². The zero-order chi connectivity index (χ0) is 7.44. The van der Waals surface area contributed by atoms with Crippen molar-refractivity contribution in [3.63, 3.8) is 0 Å². The highest BCUT2D eigenvalue weighted by Crippen LogP contribution is 2.14. The number of aliphatic hydroxyl groups excluding tert-OH is 1. The zero-order valence-corrected chi connectivity index (χ0v) is 7.15. The average Bonchev–Trinajstić information content (AvgIpc) is 1.63. The van der Waals surface area contributed by atoms with E-state index < -0.39 is 10.9 Å². The summed E-state index contributed by atoms with van der Waals surface area (Å²) >= 11 is 10.8. The van der Waals surface area contributed by atoms with Crippen molar-refractivity contribution in [2.75, 3.05) is 0 Å². The molecule has 9 heavy (non-hydrogen) atoms. The molecule has 0 saturated heterocycles. The minimum absolute atomic E-state index is 0.444. The lowest BCUT2D eigenvalue weighted by Crippen LogP contribution is -2.17. The van der Waals surface area contributed by atoms with Crippen LogP contribution in [0.5, 0.6) is 0 Å². The Kier molecular flexibility index (Phi) is 4.63. The fraction of sp³-hybridized carbons (Fsp3) is 1.00. The lowest BCUT2D eigenvalue weighted by Gasteiger charge is -2.12. The van der Waals surface area contributed by atoms with Gasteiger partial charge in [-0.15, -0.1) is 23.2 Å². The molecule has 1 unspecified atom stereocenters. The summed E-state index contributed by atoms with van der Waals surface area (Å²) in [6, 6.07) is 0. The van der Waals surface area contributed by atoms with E-state index in [1.165, 1.54) is 0 Å². The molecule has 0 aliphatic rings. The molecule has 56 valence electrons. The molecular weight excluding hydrogens is 159 g/mol. The second-order valence-corrected chi connectivity index (χ2v) is 3.70. The molecule has 0 aliphatic carbocycles. The molecule has 0 saturated carbocycles. The van der Waals surface area contributed by atoms with Crippen LogP contribution in [0.3, 0.4) is 0 Å². The number of hydrogen-bond donors (Lipinski definition) is 1. The zero-order valence-electron chi connectivity index (χ0n) is 5.64. The first-order valence-electron chi connectivity index (χ1n) is 3.00. The number of rotatable bonds is 3. The summed E-state index contributed by atoms with van der Waals surface area (Å²) in [5.41, 5.74) is 0. The minimum Gasteiger partial charge on any atom is -0.390 e. The molecule has 0 rings (SSSR count). The maximum absolute atomic E-state index is 9.03. The predicted molar refractivity (Wildman–Crippen MR) is 41.0 cm³/mol. The highest BCUT2D eigenvalue weighted by atomic mass is 35.5. The Bertz CT molecular complexity index is 73.5. The molecular formula is C6H12Cl2O. The first kappa shape index (κ1) is 9.54. The molecule has 1 nitrogen and oxygen atoms in total. The van der Waals surface area contributed by atoms with E-state index in [1.54, 1.807) is 0 Å². The molecule has 3 heteroatoms. The van der Waals surface area contributed by atoms with Gasteiger partial charge < -0.3 is 5.11 Å². The molecule has 0 aromatic heterocycles. The van der Waals surface area contributed by atoms with Gasteiger partial charge >= 0.3 is 0 Å². The van der Waals surface area contributed by atoms with Crippen molar-refractivity contribution in [2.45, 2.75) is 31.2 Å². The van der Waals surface area contributed by atoms with Crippen molar-refractivity contribution in [1.82, 2.24) is 0 Å². The van der Waals surface area contributed by atoms with Crippen LogP contribution < -0.4 is 0 Å². The highest BCUT2D eigenvalue weighted by Gasteiger charge is 2.13. The summed E-state index contributed by atoms with van der Waals surface area (Å²) in [6.45, 7) is 4.03. The van der Waals surface area contributed by atoms with Crippen molar-refractivity contribution in [3.05, 3.63) is 0 Å². The van der Waals surface area contributed by atoms with Crippen molar-refractivity contribution in [2.24, 2.45) is 5.92 Å². The van der Waals surface area contributed by atoms with Crippen molar-refractivity contribution < 1.29 is 5.11 Å². The SMILES string of the molecule is CC(C)CC(O)C(Cl)Cl. The molecule has 0 spiro atoms. The van der Waals surface area contributed by atoms with Crippen LogP contribution >= 0.6 is 23.2 Å². The van der Waals surface area contributed by atoms with Gasteiger partial charge in [-0.25, -0.2) is 0 Å². The topological polar surface area (TPSA) is 20.2 Å². The van der Waals surface area contributed by atoms with E-state index in [1.807, 2.05) is 13.8 Å². The Morgan fingerprint density at radius 2 is 1.78 bits per heavy atom. The number of hydrogen-bond acceptors (Lipinski definition) is 1. The predicted octanol–water partition coefficient (Wildman–Crippen LogP) is 2.20. The van der Waals surface area contributed by atoms with Gasteiger partial charge in [-0.1, -0.05) is 13.8 Å². The number of alkyl halides is 2. The second-order valence-electron chi connectivity index (χ2n) is 2.53. The summed E-state index contributed by atoms with van der Waals surface area (Å²) in [6.07, 6.45) is 0.0887. The standard InChI is InChI=1S/C6H12Cl2O/c1-4(2)3-5(9)6(7)8/h4-6,9H,3H2,1-2H3. The lowest BCUT2D eigenvalue weighted by molar-refractivity contribution is 0.162. The van der Waals surface area contributed by atoms with Crippen LogP contribution in [0.15, 0.2) is 0 Å². The smallest absolute Gasteiger partial charge is 0.133 e. The summed E-state index contributed by atoms with van der Waals surface area (Å²) < 4.78 is 0. The summed E-state index contributed by atoms with van der Waals surface area (Å²) in [5, 5.41) is 9.03. The molecule has 1 atom stereocenters. The Morgan fingerprint density at radius 1 is 1.33 bits per heavy atom. The van der Waals surface area contributed by atoms with E-state index in [2.05, 4.69) is 0 Å². The molecule has 1 N–H and O–H groups in total. The lowest BCUT2D eigenvalue weighted by atomic mass is 10.1. The first-order valence-corrected chi connectivity index (χ1v) is 3.87. The van der Waals surface area contributed by atoms with E-state index in [0.717, 1.165) is 0 Å². The van der Waals surface area contributed by atoms with Crippen molar-refractivity contribution >= 4 is 23.2 Å².